The third-order valence-corrected chi connectivity index (χ3v) is 4.18. The van der Waals surface area contributed by atoms with Crippen molar-refractivity contribution >= 4 is 5.96 Å². The molecule has 1 aromatic heterocycles. The third kappa shape index (κ3) is 3.69. The molecule has 2 N–H and O–H groups in total. The van der Waals surface area contributed by atoms with Crippen LogP contribution >= 0.6 is 0 Å². The first-order valence-corrected chi connectivity index (χ1v) is 7.12. The number of aromatic nitrogens is 1. The van der Waals surface area contributed by atoms with Crippen LogP contribution < -0.4 is 10.6 Å². The Morgan fingerprint density at radius 1 is 1.37 bits per heavy atom. The smallest absolute Gasteiger partial charge is 0.191 e. The Bertz CT molecular complexity index is 404. The second kappa shape index (κ2) is 6.55. The van der Waals surface area contributed by atoms with Crippen LogP contribution in [0.1, 0.15) is 38.3 Å². The molecule has 0 radical (unpaired) electrons. The zero-order chi connectivity index (χ0) is 13.6. The molecule has 0 saturated heterocycles. The Morgan fingerprint density at radius 2 is 2.21 bits per heavy atom. The van der Waals surface area contributed by atoms with E-state index in [0.29, 0.717) is 12.0 Å². The zero-order valence-corrected chi connectivity index (χ0v) is 11.9. The van der Waals surface area contributed by atoms with Crippen molar-refractivity contribution in [2.75, 3.05) is 13.6 Å². The molecule has 0 bridgehead atoms. The van der Waals surface area contributed by atoms with Crippen LogP contribution in [0.5, 0.6) is 0 Å². The quantitative estimate of drug-likeness (QED) is 0.631. The fourth-order valence-corrected chi connectivity index (χ4v) is 2.50. The summed E-state index contributed by atoms with van der Waals surface area (Å²) in [7, 11) is 1.81. The molecule has 0 spiro atoms. The lowest BCUT2D eigenvalue weighted by Crippen LogP contribution is -2.46. The predicted octanol–water partition coefficient (Wildman–Crippen LogP) is 2.33. The van der Waals surface area contributed by atoms with Crippen LogP contribution in [0.25, 0.3) is 0 Å². The van der Waals surface area contributed by atoms with Crippen LogP contribution in [0.4, 0.5) is 0 Å². The molecule has 19 heavy (non-hydrogen) atoms. The van der Waals surface area contributed by atoms with E-state index in [1.165, 1.54) is 25.7 Å². The van der Waals surface area contributed by atoms with Crippen molar-refractivity contribution < 1.29 is 0 Å². The highest BCUT2D eigenvalue weighted by Gasteiger charge is 2.34. The predicted molar refractivity (Wildman–Crippen MR) is 79.0 cm³/mol. The number of nitrogens with zero attached hydrogens (tertiary/aromatic N) is 2. The van der Waals surface area contributed by atoms with Gasteiger partial charge < -0.3 is 10.6 Å². The van der Waals surface area contributed by atoms with Crippen molar-refractivity contribution in [3.05, 3.63) is 30.1 Å². The van der Waals surface area contributed by atoms with Crippen LogP contribution in [0, 0.1) is 5.41 Å². The Hall–Kier alpha value is -1.58. The van der Waals surface area contributed by atoms with E-state index < -0.39 is 0 Å². The van der Waals surface area contributed by atoms with E-state index in [0.717, 1.165) is 18.2 Å². The number of pyridine rings is 1. The number of hydrogen-bond acceptors (Lipinski definition) is 2. The topological polar surface area (TPSA) is 49.3 Å². The van der Waals surface area contributed by atoms with Crippen molar-refractivity contribution in [3.8, 4) is 0 Å². The second-order valence-electron chi connectivity index (χ2n) is 5.31. The minimum atomic E-state index is 0.503. The van der Waals surface area contributed by atoms with Gasteiger partial charge in [-0.15, -0.1) is 0 Å². The highest BCUT2D eigenvalue weighted by molar-refractivity contribution is 5.79. The monoisotopic (exact) mass is 260 g/mol. The molecular formula is C15H24N4. The maximum atomic E-state index is 4.29. The van der Waals surface area contributed by atoms with Gasteiger partial charge in [0.25, 0.3) is 0 Å². The molecule has 104 valence electrons. The summed E-state index contributed by atoms with van der Waals surface area (Å²) in [6, 6.07) is 5.94. The number of rotatable bonds is 5. The summed E-state index contributed by atoms with van der Waals surface area (Å²) in [5, 5.41) is 6.75. The van der Waals surface area contributed by atoms with Gasteiger partial charge in [-0.05, 0) is 36.8 Å². The van der Waals surface area contributed by atoms with Gasteiger partial charge in [-0.3, -0.25) is 9.98 Å². The van der Waals surface area contributed by atoms with E-state index in [1.54, 1.807) is 0 Å². The normalized spacial score (nSPS) is 17.7. The number of hydrogen-bond donors (Lipinski definition) is 2. The summed E-state index contributed by atoms with van der Waals surface area (Å²) in [6.07, 6.45) is 7.11. The summed E-state index contributed by atoms with van der Waals surface area (Å²) in [4.78, 5) is 8.56. The molecule has 0 aromatic carbocycles. The van der Waals surface area contributed by atoms with Gasteiger partial charge >= 0.3 is 0 Å². The van der Waals surface area contributed by atoms with E-state index >= 15 is 0 Å². The number of guanidine groups is 1. The lowest BCUT2D eigenvalue weighted by atomic mass is 9.67. The minimum Gasteiger partial charge on any atom is -0.356 e. The van der Waals surface area contributed by atoms with Gasteiger partial charge in [0.2, 0.25) is 0 Å². The van der Waals surface area contributed by atoms with Crippen LogP contribution in [-0.2, 0) is 6.54 Å². The van der Waals surface area contributed by atoms with Gasteiger partial charge in [0.15, 0.2) is 5.96 Å². The van der Waals surface area contributed by atoms with Crippen LogP contribution in [0.2, 0.25) is 0 Å². The molecule has 0 atom stereocenters. The van der Waals surface area contributed by atoms with Gasteiger partial charge in [-0.2, -0.15) is 0 Å². The Balaban J connectivity index is 1.78. The van der Waals surface area contributed by atoms with E-state index in [4.69, 9.17) is 0 Å². The molecule has 2 rings (SSSR count). The maximum Gasteiger partial charge on any atom is 0.191 e. The van der Waals surface area contributed by atoms with E-state index in [1.807, 2.05) is 31.4 Å². The lowest BCUT2D eigenvalue weighted by molar-refractivity contribution is 0.131. The van der Waals surface area contributed by atoms with Gasteiger partial charge in [0.1, 0.15) is 0 Å². The molecule has 1 heterocycles. The van der Waals surface area contributed by atoms with E-state index in [2.05, 4.69) is 27.5 Å². The Labute approximate surface area is 115 Å². The molecule has 1 aliphatic rings. The molecule has 0 amide bonds. The SMILES string of the molecule is CCC1(CNC(=NC)NCc2ccccn2)CCC1. The van der Waals surface area contributed by atoms with Crippen LogP contribution in [0.3, 0.4) is 0 Å². The molecule has 1 saturated carbocycles. The van der Waals surface area contributed by atoms with Gasteiger partial charge in [0.05, 0.1) is 12.2 Å². The molecular weight excluding hydrogens is 236 g/mol. The molecule has 4 heteroatoms. The summed E-state index contributed by atoms with van der Waals surface area (Å²) in [6.45, 7) is 4.01. The first-order chi connectivity index (χ1) is 9.28. The first kappa shape index (κ1) is 13.8. The standard InChI is InChI=1S/C15H24N4/c1-3-15(8-6-9-15)12-19-14(16-2)18-11-13-7-4-5-10-17-13/h4-5,7,10H,3,6,8-9,11-12H2,1-2H3,(H2,16,18,19). The van der Waals surface area contributed by atoms with Crippen molar-refractivity contribution in [3.63, 3.8) is 0 Å². The average molecular weight is 260 g/mol. The molecule has 1 aliphatic carbocycles. The van der Waals surface area contributed by atoms with Gasteiger partial charge in [-0.1, -0.05) is 19.4 Å². The van der Waals surface area contributed by atoms with Gasteiger partial charge in [0, 0.05) is 19.8 Å². The van der Waals surface area contributed by atoms with Crippen molar-refractivity contribution in [2.45, 2.75) is 39.2 Å². The highest BCUT2D eigenvalue weighted by Crippen LogP contribution is 2.42. The van der Waals surface area contributed by atoms with E-state index in [9.17, 15) is 0 Å². The maximum absolute atomic E-state index is 4.29. The van der Waals surface area contributed by atoms with E-state index in [-0.39, 0.29) is 0 Å². The molecule has 0 aliphatic heterocycles. The van der Waals surface area contributed by atoms with Crippen LogP contribution in [0.15, 0.2) is 29.4 Å². The summed E-state index contributed by atoms with van der Waals surface area (Å²) in [5.41, 5.74) is 1.53. The summed E-state index contributed by atoms with van der Waals surface area (Å²) >= 11 is 0. The third-order valence-electron chi connectivity index (χ3n) is 4.18. The van der Waals surface area contributed by atoms with Crippen molar-refractivity contribution in [1.29, 1.82) is 0 Å². The zero-order valence-electron chi connectivity index (χ0n) is 11.9. The highest BCUT2D eigenvalue weighted by atomic mass is 15.2. The number of nitrogens with one attached hydrogen (secondary N) is 2. The van der Waals surface area contributed by atoms with Gasteiger partial charge in [-0.25, -0.2) is 0 Å². The summed E-state index contributed by atoms with van der Waals surface area (Å²) in [5.74, 6) is 0.866. The van der Waals surface area contributed by atoms with Crippen LogP contribution in [-0.4, -0.2) is 24.5 Å². The number of aliphatic imine (C=N–C) groups is 1. The van der Waals surface area contributed by atoms with Crippen molar-refractivity contribution in [1.82, 2.24) is 15.6 Å². The fraction of sp³-hybridized carbons (Fsp3) is 0.600. The Kier molecular flexibility index (Phi) is 4.77. The molecule has 1 fully saturated rings. The first-order valence-electron chi connectivity index (χ1n) is 7.12. The molecule has 1 aromatic rings. The average Bonchev–Trinajstić information content (AvgIpc) is 2.42. The second-order valence-corrected chi connectivity index (χ2v) is 5.31. The largest absolute Gasteiger partial charge is 0.356 e. The fourth-order valence-electron chi connectivity index (χ4n) is 2.50. The summed E-state index contributed by atoms with van der Waals surface area (Å²) < 4.78 is 0. The van der Waals surface area contributed by atoms with Crippen molar-refractivity contribution in [2.24, 2.45) is 10.4 Å². The minimum absolute atomic E-state index is 0.503. The molecule has 0 unspecified atom stereocenters. The Morgan fingerprint density at radius 3 is 2.74 bits per heavy atom. The lowest BCUT2D eigenvalue weighted by Gasteiger charge is -2.41. The molecule has 4 nitrogen and oxygen atoms in total.